The first-order chi connectivity index (χ1) is 10.5. The van der Waals surface area contributed by atoms with E-state index in [4.69, 9.17) is 9.47 Å². The van der Waals surface area contributed by atoms with E-state index in [1.54, 1.807) is 4.90 Å². The topological polar surface area (TPSA) is 59.1 Å². The first-order valence-corrected chi connectivity index (χ1v) is 8.44. The van der Waals surface area contributed by atoms with Crippen molar-refractivity contribution < 1.29 is 19.1 Å². The Labute approximate surface area is 139 Å². The fraction of sp³-hybridized carbons (Fsp3) is 0.882. The van der Waals surface area contributed by atoms with Crippen LogP contribution in [0, 0.1) is 0 Å². The van der Waals surface area contributed by atoms with E-state index in [0.717, 1.165) is 6.42 Å². The smallest absolute Gasteiger partial charge is 0.410 e. The van der Waals surface area contributed by atoms with Crippen LogP contribution in [0.3, 0.4) is 0 Å². The van der Waals surface area contributed by atoms with Crippen molar-refractivity contribution in [3.05, 3.63) is 0 Å². The molecule has 2 amide bonds. The normalized spacial score (nSPS) is 27.9. The minimum atomic E-state index is -0.556. The van der Waals surface area contributed by atoms with Gasteiger partial charge in [0.05, 0.1) is 18.2 Å². The predicted octanol–water partition coefficient (Wildman–Crippen LogP) is 2.41. The molecule has 0 radical (unpaired) electrons. The second-order valence-corrected chi connectivity index (χ2v) is 8.21. The van der Waals surface area contributed by atoms with E-state index in [1.807, 2.05) is 46.4 Å². The van der Waals surface area contributed by atoms with Gasteiger partial charge in [0.15, 0.2) is 0 Å². The van der Waals surface area contributed by atoms with Gasteiger partial charge in [-0.15, -0.1) is 0 Å². The van der Waals surface area contributed by atoms with E-state index in [1.165, 1.54) is 0 Å². The van der Waals surface area contributed by atoms with Crippen LogP contribution >= 0.6 is 0 Å². The summed E-state index contributed by atoms with van der Waals surface area (Å²) in [6.07, 6.45) is 1.14. The average molecular weight is 326 g/mol. The molecule has 2 unspecified atom stereocenters. The highest BCUT2D eigenvalue weighted by Crippen LogP contribution is 2.28. The van der Waals surface area contributed by atoms with E-state index in [9.17, 15) is 9.59 Å². The highest BCUT2D eigenvalue weighted by atomic mass is 16.6. The molecule has 132 valence electrons. The van der Waals surface area contributed by atoms with E-state index in [0.29, 0.717) is 26.1 Å². The second-order valence-electron chi connectivity index (χ2n) is 8.21. The van der Waals surface area contributed by atoms with E-state index >= 15 is 0 Å². The van der Waals surface area contributed by atoms with Crippen LogP contribution in [0.4, 0.5) is 4.79 Å². The van der Waals surface area contributed by atoms with Crippen molar-refractivity contribution in [1.82, 2.24) is 9.80 Å². The highest BCUT2D eigenvalue weighted by Gasteiger charge is 2.44. The second kappa shape index (κ2) is 6.30. The molecule has 2 aliphatic heterocycles. The maximum absolute atomic E-state index is 13.1. The molecule has 6 heteroatoms. The van der Waals surface area contributed by atoms with Crippen LogP contribution < -0.4 is 0 Å². The van der Waals surface area contributed by atoms with Crippen LogP contribution in [0.1, 0.15) is 54.4 Å². The number of hydrogen-bond donors (Lipinski definition) is 0. The minimum absolute atomic E-state index is 0.00788. The molecule has 0 aliphatic carbocycles. The Kier molecular flexibility index (Phi) is 4.95. The van der Waals surface area contributed by atoms with Gasteiger partial charge in [0.25, 0.3) is 0 Å². The van der Waals surface area contributed by atoms with Gasteiger partial charge in [0.1, 0.15) is 11.6 Å². The molecule has 0 N–H and O–H groups in total. The number of carbonyl (C=O) groups is 2. The molecule has 2 atom stereocenters. The lowest BCUT2D eigenvalue weighted by Crippen LogP contribution is -2.61. The third kappa shape index (κ3) is 4.16. The Morgan fingerprint density at radius 3 is 2.52 bits per heavy atom. The van der Waals surface area contributed by atoms with Crippen LogP contribution in [0.15, 0.2) is 0 Å². The van der Waals surface area contributed by atoms with Crippen LogP contribution in [0.25, 0.3) is 0 Å². The van der Waals surface area contributed by atoms with Crippen LogP contribution in [-0.4, -0.2) is 64.8 Å². The van der Waals surface area contributed by atoms with Crippen LogP contribution in [-0.2, 0) is 14.3 Å². The van der Waals surface area contributed by atoms with Gasteiger partial charge in [-0.2, -0.15) is 0 Å². The Balaban J connectivity index is 2.12. The van der Waals surface area contributed by atoms with Gasteiger partial charge in [0, 0.05) is 13.1 Å². The van der Waals surface area contributed by atoms with Crippen molar-refractivity contribution in [2.75, 3.05) is 19.7 Å². The molecule has 0 saturated carbocycles. The predicted molar refractivity (Wildman–Crippen MR) is 87.2 cm³/mol. The van der Waals surface area contributed by atoms with Crippen molar-refractivity contribution >= 4 is 12.0 Å². The summed E-state index contributed by atoms with van der Waals surface area (Å²) >= 11 is 0. The van der Waals surface area contributed by atoms with E-state index < -0.39 is 17.7 Å². The van der Waals surface area contributed by atoms with Crippen LogP contribution in [0.5, 0.6) is 0 Å². The Morgan fingerprint density at radius 1 is 1.26 bits per heavy atom. The van der Waals surface area contributed by atoms with Crippen molar-refractivity contribution in [2.45, 2.75) is 77.7 Å². The molecule has 0 aromatic carbocycles. The maximum atomic E-state index is 13.1. The molecule has 0 aromatic rings. The first-order valence-electron chi connectivity index (χ1n) is 8.44. The Bertz CT molecular complexity index is 470. The van der Waals surface area contributed by atoms with Crippen molar-refractivity contribution in [1.29, 1.82) is 0 Å². The monoisotopic (exact) mass is 326 g/mol. The van der Waals surface area contributed by atoms with Gasteiger partial charge in [-0.25, -0.2) is 4.79 Å². The molecule has 6 nitrogen and oxygen atoms in total. The van der Waals surface area contributed by atoms with Crippen molar-refractivity contribution in [3.8, 4) is 0 Å². The Hall–Kier alpha value is -1.30. The summed E-state index contributed by atoms with van der Waals surface area (Å²) in [7, 11) is 0. The summed E-state index contributed by atoms with van der Waals surface area (Å²) in [6.45, 7) is 13.1. The molecule has 0 aromatic heterocycles. The zero-order valence-corrected chi connectivity index (χ0v) is 15.2. The number of hydrogen-bond acceptors (Lipinski definition) is 4. The summed E-state index contributed by atoms with van der Waals surface area (Å²) in [5, 5.41) is 0. The molecule has 23 heavy (non-hydrogen) atoms. The number of likely N-dealkylation sites (tertiary alicyclic amines) is 1. The lowest BCUT2D eigenvalue weighted by Gasteiger charge is -2.46. The van der Waals surface area contributed by atoms with Crippen molar-refractivity contribution in [2.24, 2.45) is 0 Å². The van der Waals surface area contributed by atoms with Crippen molar-refractivity contribution in [3.63, 3.8) is 0 Å². The summed E-state index contributed by atoms with van der Waals surface area (Å²) in [5.41, 5.74) is -0.911. The number of carbonyl (C=O) groups excluding carboxylic acids is 2. The molecule has 2 fully saturated rings. The standard InChI is InChI=1S/C17H30N2O4/c1-12-10-19(17(5,6)11-22-12)14(20)13-8-7-9-18(13)15(21)23-16(2,3)4/h12-13H,7-11H2,1-6H3. The average Bonchev–Trinajstić information content (AvgIpc) is 2.88. The van der Waals surface area contributed by atoms with Gasteiger partial charge >= 0.3 is 6.09 Å². The number of rotatable bonds is 1. The van der Waals surface area contributed by atoms with E-state index in [2.05, 4.69) is 0 Å². The first kappa shape index (κ1) is 18.0. The SMILES string of the molecule is CC1CN(C(=O)C2CCCN2C(=O)OC(C)(C)C)C(C)(C)CO1. The van der Waals surface area contributed by atoms with Gasteiger partial charge in [0.2, 0.25) is 5.91 Å². The fourth-order valence-electron chi connectivity index (χ4n) is 3.11. The van der Waals surface area contributed by atoms with Gasteiger partial charge in [-0.3, -0.25) is 9.69 Å². The highest BCUT2D eigenvalue weighted by molar-refractivity contribution is 5.87. The maximum Gasteiger partial charge on any atom is 0.410 e. The van der Waals surface area contributed by atoms with Gasteiger partial charge < -0.3 is 14.4 Å². The molecule has 2 saturated heterocycles. The summed E-state index contributed by atoms with van der Waals surface area (Å²) in [5.74, 6) is 0.00788. The zero-order chi connectivity index (χ0) is 17.4. The fourth-order valence-corrected chi connectivity index (χ4v) is 3.11. The van der Waals surface area contributed by atoms with Crippen LogP contribution in [0.2, 0.25) is 0 Å². The zero-order valence-electron chi connectivity index (χ0n) is 15.2. The summed E-state index contributed by atoms with van der Waals surface area (Å²) in [6, 6.07) is -0.422. The number of amides is 2. The Morgan fingerprint density at radius 2 is 1.91 bits per heavy atom. The van der Waals surface area contributed by atoms with Gasteiger partial charge in [-0.05, 0) is 54.4 Å². The molecular formula is C17H30N2O4. The number of morpholine rings is 1. The molecule has 2 aliphatic rings. The summed E-state index contributed by atoms with van der Waals surface area (Å²) < 4.78 is 11.1. The number of nitrogens with zero attached hydrogens (tertiary/aromatic N) is 2. The molecule has 2 heterocycles. The minimum Gasteiger partial charge on any atom is -0.444 e. The lowest BCUT2D eigenvalue weighted by molar-refractivity contribution is -0.157. The quantitative estimate of drug-likeness (QED) is 0.742. The summed E-state index contributed by atoms with van der Waals surface area (Å²) in [4.78, 5) is 28.9. The van der Waals surface area contributed by atoms with E-state index in [-0.39, 0.29) is 17.6 Å². The third-order valence-corrected chi connectivity index (χ3v) is 4.32. The molecule has 2 rings (SSSR count). The molecular weight excluding hydrogens is 296 g/mol. The lowest BCUT2D eigenvalue weighted by atomic mass is 9.99. The van der Waals surface area contributed by atoms with Gasteiger partial charge in [-0.1, -0.05) is 0 Å². The number of ether oxygens (including phenoxy) is 2. The largest absolute Gasteiger partial charge is 0.444 e. The third-order valence-electron chi connectivity index (χ3n) is 4.32. The molecule has 0 spiro atoms. The molecule has 0 bridgehead atoms.